The highest BCUT2D eigenvalue weighted by Crippen LogP contribution is 2.40. The summed E-state index contributed by atoms with van der Waals surface area (Å²) in [5.74, 6) is 1.94. The van der Waals surface area contributed by atoms with Crippen molar-refractivity contribution in [2.75, 3.05) is 5.32 Å². The number of aromatic nitrogens is 1. The number of carbonyl (C=O) groups excluding carboxylic acids is 1. The summed E-state index contributed by atoms with van der Waals surface area (Å²) in [7, 11) is 0. The molecule has 1 aromatic heterocycles. The van der Waals surface area contributed by atoms with E-state index in [1.807, 2.05) is 18.1 Å². The van der Waals surface area contributed by atoms with Crippen molar-refractivity contribution < 1.29 is 4.79 Å². The number of nitrogens with zero attached hydrogens (tertiary/aromatic N) is 1. The third-order valence-corrected chi connectivity index (χ3v) is 3.41. The lowest BCUT2D eigenvalue weighted by Gasteiger charge is -2.28. The number of hydrogen-bond acceptors (Lipinski definition) is 3. The molecule has 2 atom stereocenters. The van der Waals surface area contributed by atoms with Crippen LogP contribution < -0.4 is 5.32 Å². The zero-order valence-electron chi connectivity index (χ0n) is 9.44. The predicted octanol–water partition coefficient (Wildman–Crippen LogP) is 2.44. The largest absolute Gasteiger partial charge is 0.381 e. The molecule has 0 amide bonds. The summed E-state index contributed by atoms with van der Waals surface area (Å²) in [6.07, 6.45) is 8.49. The second kappa shape index (κ2) is 4.50. The molecule has 0 bridgehead atoms. The van der Waals surface area contributed by atoms with Gasteiger partial charge in [-0.1, -0.05) is 13.3 Å². The molecule has 84 valence electrons. The van der Waals surface area contributed by atoms with Crippen LogP contribution in [-0.4, -0.2) is 17.0 Å². The lowest BCUT2D eigenvalue weighted by Crippen LogP contribution is -2.32. The maximum absolute atomic E-state index is 10.5. The SMILES string of the molecule is CC1(C=C=O)CCCC1Nc1ccncc1. The smallest absolute Gasteiger partial charge is 0.120 e. The quantitative estimate of drug-likeness (QED) is 0.789. The van der Waals surface area contributed by atoms with Crippen LogP contribution in [0.2, 0.25) is 0 Å². The van der Waals surface area contributed by atoms with Gasteiger partial charge in [-0.3, -0.25) is 4.98 Å². The average molecular weight is 216 g/mol. The molecule has 0 spiro atoms. The van der Waals surface area contributed by atoms with Gasteiger partial charge in [0.05, 0.1) is 0 Å². The maximum Gasteiger partial charge on any atom is 0.120 e. The van der Waals surface area contributed by atoms with Crippen molar-refractivity contribution >= 4 is 11.6 Å². The number of nitrogens with one attached hydrogen (secondary N) is 1. The number of anilines is 1. The van der Waals surface area contributed by atoms with Gasteiger partial charge in [-0.2, -0.15) is 0 Å². The Hall–Kier alpha value is -1.60. The minimum absolute atomic E-state index is 0.0645. The average Bonchev–Trinajstić information content (AvgIpc) is 2.62. The molecule has 2 unspecified atom stereocenters. The molecule has 1 aliphatic rings. The normalized spacial score (nSPS) is 28.4. The van der Waals surface area contributed by atoms with Crippen LogP contribution in [0.4, 0.5) is 5.69 Å². The first-order chi connectivity index (χ1) is 7.74. The van der Waals surface area contributed by atoms with E-state index in [2.05, 4.69) is 17.2 Å². The summed E-state index contributed by atoms with van der Waals surface area (Å²) in [4.78, 5) is 14.5. The summed E-state index contributed by atoms with van der Waals surface area (Å²) in [6, 6.07) is 4.21. The van der Waals surface area contributed by atoms with Gasteiger partial charge in [-0.15, -0.1) is 0 Å². The molecule has 1 fully saturated rings. The van der Waals surface area contributed by atoms with Crippen molar-refractivity contribution in [2.24, 2.45) is 5.41 Å². The van der Waals surface area contributed by atoms with Gasteiger partial charge < -0.3 is 5.32 Å². The van der Waals surface area contributed by atoms with E-state index in [4.69, 9.17) is 0 Å². The maximum atomic E-state index is 10.5. The molecule has 1 aromatic rings. The summed E-state index contributed by atoms with van der Waals surface area (Å²) in [5, 5.41) is 3.47. The number of pyridine rings is 1. The van der Waals surface area contributed by atoms with E-state index < -0.39 is 0 Å². The fourth-order valence-corrected chi connectivity index (χ4v) is 2.38. The highest BCUT2D eigenvalue weighted by Gasteiger charge is 2.37. The van der Waals surface area contributed by atoms with E-state index in [1.165, 1.54) is 0 Å². The topological polar surface area (TPSA) is 42.0 Å². The first kappa shape index (κ1) is 10.9. The summed E-state index contributed by atoms with van der Waals surface area (Å²) < 4.78 is 0. The number of rotatable bonds is 3. The molecule has 3 heteroatoms. The Bertz CT molecular complexity index is 398. The first-order valence-electron chi connectivity index (χ1n) is 5.63. The van der Waals surface area contributed by atoms with Crippen LogP contribution in [0.5, 0.6) is 0 Å². The molecule has 2 rings (SSSR count). The Morgan fingerprint density at radius 1 is 1.56 bits per heavy atom. The van der Waals surface area contributed by atoms with E-state index in [0.717, 1.165) is 24.9 Å². The van der Waals surface area contributed by atoms with E-state index >= 15 is 0 Å². The Morgan fingerprint density at radius 2 is 2.31 bits per heavy atom. The molecular weight excluding hydrogens is 200 g/mol. The molecule has 0 saturated heterocycles. The minimum atomic E-state index is -0.0645. The van der Waals surface area contributed by atoms with Gasteiger partial charge in [-0.25, -0.2) is 4.79 Å². The molecular formula is C13H16N2O. The zero-order valence-corrected chi connectivity index (χ0v) is 9.44. The van der Waals surface area contributed by atoms with Crippen molar-refractivity contribution in [3.63, 3.8) is 0 Å². The Kier molecular flexibility index (Phi) is 3.07. The fourth-order valence-electron chi connectivity index (χ4n) is 2.38. The van der Waals surface area contributed by atoms with Crippen LogP contribution >= 0.6 is 0 Å². The van der Waals surface area contributed by atoms with Gasteiger partial charge in [0.15, 0.2) is 0 Å². The molecule has 0 aromatic carbocycles. The highest BCUT2D eigenvalue weighted by molar-refractivity contribution is 5.50. The Labute approximate surface area is 95.6 Å². The van der Waals surface area contributed by atoms with Crippen LogP contribution in [0.25, 0.3) is 0 Å². The van der Waals surface area contributed by atoms with Crippen LogP contribution in [0.3, 0.4) is 0 Å². The van der Waals surface area contributed by atoms with E-state index in [1.54, 1.807) is 18.5 Å². The molecule has 1 saturated carbocycles. The Morgan fingerprint density at radius 3 is 3.00 bits per heavy atom. The van der Waals surface area contributed by atoms with Gasteiger partial charge in [0.1, 0.15) is 5.94 Å². The van der Waals surface area contributed by atoms with E-state index in [0.29, 0.717) is 6.04 Å². The molecule has 0 aliphatic heterocycles. The van der Waals surface area contributed by atoms with Gasteiger partial charge >= 0.3 is 0 Å². The molecule has 0 radical (unpaired) electrons. The van der Waals surface area contributed by atoms with Crippen molar-refractivity contribution in [3.8, 4) is 0 Å². The minimum Gasteiger partial charge on any atom is -0.381 e. The molecule has 1 heterocycles. The van der Waals surface area contributed by atoms with Crippen molar-refractivity contribution in [1.29, 1.82) is 0 Å². The molecule has 1 aliphatic carbocycles. The van der Waals surface area contributed by atoms with E-state index in [-0.39, 0.29) is 5.41 Å². The third-order valence-electron chi connectivity index (χ3n) is 3.41. The van der Waals surface area contributed by atoms with Crippen molar-refractivity contribution in [1.82, 2.24) is 4.98 Å². The van der Waals surface area contributed by atoms with Crippen molar-refractivity contribution in [3.05, 3.63) is 30.6 Å². The Balaban J connectivity index is 2.13. The van der Waals surface area contributed by atoms with Crippen LogP contribution in [0.15, 0.2) is 30.6 Å². The first-order valence-corrected chi connectivity index (χ1v) is 5.63. The van der Waals surface area contributed by atoms with Gasteiger partial charge in [0.25, 0.3) is 0 Å². The summed E-state index contributed by atoms with van der Waals surface area (Å²) in [6.45, 7) is 2.11. The molecule has 3 nitrogen and oxygen atoms in total. The van der Waals surface area contributed by atoms with Gasteiger partial charge in [-0.05, 0) is 25.0 Å². The predicted molar refractivity (Wildman–Crippen MR) is 63.9 cm³/mol. The summed E-state index contributed by atoms with van der Waals surface area (Å²) >= 11 is 0. The van der Waals surface area contributed by atoms with Crippen LogP contribution in [-0.2, 0) is 4.79 Å². The lowest BCUT2D eigenvalue weighted by atomic mass is 9.85. The second-order valence-corrected chi connectivity index (χ2v) is 4.59. The van der Waals surface area contributed by atoms with E-state index in [9.17, 15) is 4.79 Å². The van der Waals surface area contributed by atoms with Gasteiger partial charge in [0.2, 0.25) is 0 Å². The van der Waals surface area contributed by atoms with Crippen LogP contribution in [0, 0.1) is 5.41 Å². The summed E-state index contributed by atoms with van der Waals surface area (Å²) in [5.41, 5.74) is 0.998. The second-order valence-electron chi connectivity index (χ2n) is 4.59. The van der Waals surface area contributed by atoms with Crippen LogP contribution in [0.1, 0.15) is 26.2 Å². The lowest BCUT2D eigenvalue weighted by molar-refractivity contribution is 0.408. The monoisotopic (exact) mass is 216 g/mol. The zero-order chi connectivity index (χ0) is 11.4. The molecule has 16 heavy (non-hydrogen) atoms. The third kappa shape index (κ3) is 2.15. The van der Waals surface area contributed by atoms with Gasteiger partial charge in [0, 0.05) is 35.6 Å². The van der Waals surface area contributed by atoms with Crippen molar-refractivity contribution in [2.45, 2.75) is 32.2 Å². The fraction of sp³-hybridized carbons (Fsp3) is 0.462. The number of hydrogen-bond donors (Lipinski definition) is 1. The highest BCUT2D eigenvalue weighted by atomic mass is 16.1. The molecule has 1 N–H and O–H groups in total. The standard InChI is InChI=1S/C13H16N2O/c1-13(7-10-16)6-2-3-12(13)15-11-4-8-14-9-5-11/h4-5,7-9,12H,2-3,6H2,1H3,(H,14,15).